The summed E-state index contributed by atoms with van der Waals surface area (Å²) in [5.41, 5.74) is 5.94. The Morgan fingerprint density at radius 3 is 1.30 bits per heavy atom. The quantitative estimate of drug-likeness (QED) is 0.0138. The molecule has 2 unspecified atom stereocenters. The first kappa shape index (κ1) is 83.7. The Morgan fingerprint density at radius 1 is 0.622 bits per heavy atom. The molecule has 2 rings (SSSR count). The molecule has 1 aliphatic heterocycles. The van der Waals surface area contributed by atoms with Gasteiger partial charge in [-0.1, -0.05) is 103 Å². The number of hydrogen-bond acceptors (Lipinski definition) is 19. The minimum Gasteiger partial charge on any atom is -1.00 e. The molecule has 2 atom stereocenters. The zero-order valence-electron chi connectivity index (χ0n) is 48.0. The molecular formula is C49H93ClN8O22P2. The molecule has 14 N–H and O–H groups in total. The molecule has 82 heavy (non-hydrogen) atoms. The van der Waals surface area contributed by atoms with E-state index in [1.807, 2.05) is 0 Å². The number of amides is 3. The van der Waals surface area contributed by atoms with E-state index in [-0.39, 0.29) is 42.7 Å². The number of halogens is 1. The van der Waals surface area contributed by atoms with E-state index in [1.165, 1.54) is 39.9 Å². The minimum absolute atomic E-state index is 0. The highest BCUT2D eigenvalue weighted by atomic mass is 35.5. The lowest BCUT2D eigenvalue weighted by molar-refractivity contribution is -0.143. The fraction of sp³-hybridized carbons (Fsp3) is 0.735. The average molecular weight is 1240 g/mol. The number of aromatic nitrogens is 3. The van der Waals surface area contributed by atoms with Crippen LogP contribution in [0, 0.1) is 0 Å². The summed E-state index contributed by atoms with van der Waals surface area (Å²) < 4.78 is 44.6. The molecule has 30 nitrogen and oxygen atoms in total. The summed E-state index contributed by atoms with van der Waals surface area (Å²) in [5, 5.41) is 47.6. The van der Waals surface area contributed by atoms with E-state index in [9.17, 15) is 37.9 Å². The number of nitrogens with one attached hydrogen (secondary N) is 3. The van der Waals surface area contributed by atoms with Gasteiger partial charge in [-0.3, -0.25) is 37.5 Å². The lowest BCUT2D eigenvalue weighted by Gasteiger charge is -2.34. The molecule has 0 aromatic carbocycles. The SMILES string of the molecule is C=C(C)C(=O)NCCCCCCCCCCCC(=O)NC(COP(=O)(O)O)C(=O)O.C=C(C)C(=O)NCCCCCCCCCCCC(=O)O.COc1nc(OC)nc([N+]2(C)CCOCC2)n1.NC(COP(=O)(O)O)C(=O)O.OCO.[Cl-]. The van der Waals surface area contributed by atoms with Crippen LogP contribution >= 0.6 is 15.6 Å². The van der Waals surface area contributed by atoms with Gasteiger partial charge in [-0.25, -0.2) is 13.9 Å². The molecule has 2 heterocycles. The molecule has 0 spiro atoms. The molecule has 1 saturated heterocycles. The van der Waals surface area contributed by atoms with Crippen LogP contribution in [0.2, 0.25) is 0 Å². The smallest absolute Gasteiger partial charge is 0.469 e. The van der Waals surface area contributed by atoms with Crippen molar-refractivity contribution in [2.45, 2.75) is 154 Å². The number of nitrogens with two attached hydrogens (primary N) is 1. The van der Waals surface area contributed by atoms with Crippen molar-refractivity contribution < 1.29 is 119 Å². The Labute approximate surface area is 486 Å². The molecule has 33 heteroatoms. The Bertz CT molecular complexity index is 2040. The van der Waals surface area contributed by atoms with E-state index < -0.39 is 71.6 Å². The Morgan fingerprint density at radius 2 is 0.976 bits per heavy atom. The number of rotatable bonds is 38. The maximum Gasteiger partial charge on any atom is 0.469 e. The number of nitrogens with zero attached hydrogens (tertiary/aromatic N) is 4. The molecule has 1 aliphatic rings. The molecule has 0 saturated carbocycles. The Balaban J connectivity index is -0.000000510. The normalized spacial score (nSPS) is 13.0. The molecule has 1 aromatic heterocycles. The number of carbonyl (C=O) groups excluding carboxylic acids is 3. The van der Waals surface area contributed by atoms with Gasteiger partial charge in [-0.15, -0.1) is 15.0 Å². The number of unbranched alkanes of at least 4 members (excludes halogenated alkanes) is 16. The topological polar surface area (TPSA) is 466 Å². The predicted octanol–water partition coefficient (Wildman–Crippen LogP) is 0.219. The third-order valence-corrected chi connectivity index (χ3v) is 12.1. The molecule has 3 amide bonds. The fourth-order valence-electron chi connectivity index (χ4n) is 6.55. The number of quaternary nitrogens is 1. The van der Waals surface area contributed by atoms with Gasteiger partial charge in [0, 0.05) is 37.1 Å². The number of likely N-dealkylation sites (N-methyl/N-ethyl adjacent to an activating group) is 1. The zero-order valence-corrected chi connectivity index (χ0v) is 50.6. The first-order chi connectivity index (χ1) is 38.0. The van der Waals surface area contributed by atoms with Gasteiger partial charge in [0.15, 0.2) is 6.04 Å². The number of aliphatic carboxylic acids is 3. The van der Waals surface area contributed by atoms with Gasteiger partial charge in [0.2, 0.25) is 17.7 Å². The van der Waals surface area contributed by atoms with Crippen LogP contribution < -0.4 is 48.0 Å². The van der Waals surface area contributed by atoms with Gasteiger partial charge in [-0.2, -0.15) is 0 Å². The van der Waals surface area contributed by atoms with Crippen LogP contribution in [-0.2, 0) is 51.7 Å². The van der Waals surface area contributed by atoms with Crippen molar-refractivity contribution in [1.82, 2.24) is 35.4 Å². The van der Waals surface area contributed by atoms with Crippen molar-refractivity contribution in [2.24, 2.45) is 5.73 Å². The number of carboxylic acids is 3. The molecule has 478 valence electrons. The molecule has 1 aromatic rings. The molecular weight excluding hydrogens is 1150 g/mol. The number of carbonyl (C=O) groups is 6. The van der Waals surface area contributed by atoms with Crippen molar-refractivity contribution in [1.29, 1.82) is 0 Å². The van der Waals surface area contributed by atoms with E-state index in [0.717, 1.165) is 103 Å². The van der Waals surface area contributed by atoms with Crippen LogP contribution in [0.4, 0.5) is 5.95 Å². The van der Waals surface area contributed by atoms with Crippen molar-refractivity contribution in [3.63, 3.8) is 0 Å². The van der Waals surface area contributed by atoms with E-state index in [4.69, 9.17) is 65.1 Å². The van der Waals surface area contributed by atoms with Crippen LogP contribution in [0.3, 0.4) is 0 Å². The second kappa shape index (κ2) is 50.7. The minimum atomic E-state index is -4.79. The zero-order chi connectivity index (χ0) is 62.3. The van der Waals surface area contributed by atoms with Crippen LogP contribution in [0.15, 0.2) is 24.3 Å². The van der Waals surface area contributed by atoms with Gasteiger partial charge >= 0.3 is 51.5 Å². The van der Waals surface area contributed by atoms with Crippen LogP contribution in [0.1, 0.15) is 142 Å². The molecule has 1 fully saturated rings. The standard InChI is InChI=1S/C19H35N2O8P.C16H29NO3.C10H17N4O3.C3H8NO6P.CH4O2.ClH/c1-15(2)18(23)20-13-11-9-7-5-3-4-6-8-10-12-17(22)21-16(19(24)25)14-29-30(26,27)28;1-14(2)16(20)17-13-11-9-7-5-3-4-6-8-10-12-15(18)19;1-14(4-6-17-7-5-14)8-11-9(15-2)13-10(12-8)16-3;4-2(3(5)6)1-10-11(7,8)9;2-1-3;/h16H,1,3-14H2,2H3,(H,20,23)(H,21,22)(H,24,25)(H2,26,27,28);1,3-13H2,2H3,(H,17,20)(H,18,19);4-7H2,1-3H3;2H,1,4H2,(H,5,6)(H2,7,8,9);2-3H,1H2;1H/q;;+1;;;/p-1. The van der Waals surface area contributed by atoms with Crippen molar-refractivity contribution in [2.75, 3.05) is 80.7 Å². The molecule has 0 radical (unpaired) electrons. The van der Waals surface area contributed by atoms with E-state index in [1.54, 1.807) is 13.8 Å². The van der Waals surface area contributed by atoms with Gasteiger partial charge in [0.05, 0.1) is 47.7 Å². The highest BCUT2D eigenvalue weighted by Crippen LogP contribution is 2.36. The number of phosphoric acid groups is 2. The van der Waals surface area contributed by atoms with Gasteiger partial charge < -0.3 is 93.4 Å². The van der Waals surface area contributed by atoms with Crippen molar-refractivity contribution in [3.8, 4) is 12.0 Å². The number of morpholine rings is 1. The Hall–Kier alpha value is -4.78. The van der Waals surface area contributed by atoms with E-state index in [0.29, 0.717) is 54.2 Å². The monoisotopic (exact) mass is 1240 g/mol. The van der Waals surface area contributed by atoms with E-state index >= 15 is 0 Å². The Kier molecular flexibility index (Phi) is 51.7. The van der Waals surface area contributed by atoms with E-state index in [2.05, 4.69) is 60.2 Å². The fourth-order valence-corrected chi connectivity index (χ4v) is 7.25. The third kappa shape index (κ3) is 52.1. The maximum atomic E-state index is 11.8. The molecule has 0 aliphatic carbocycles. The summed E-state index contributed by atoms with van der Waals surface area (Å²) in [6.07, 6.45) is 19.3. The summed E-state index contributed by atoms with van der Waals surface area (Å²) in [6, 6.07) is -2.36. The number of carboxylic acid groups (broad SMARTS) is 3. The summed E-state index contributed by atoms with van der Waals surface area (Å²) in [5.74, 6) is -3.48. The summed E-state index contributed by atoms with van der Waals surface area (Å²) in [4.78, 5) is 111. The number of aliphatic hydroxyl groups is 2. The van der Waals surface area contributed by atoms with Crippen LogP contribution in [0.5, 0.6) is 12.0 Å². The number of methoxy groups -OCH3 is 2. The maximum absolute atomic E-state index is 11.8. The highest BCUT2D eigenvalue weighted by molar-refractivity contribution is 7.46. The van der Waals surface area contributed by atoms with Gasteiger partial charge in [0.25, 0.3) is 0 Å². The third-order valence-electron chi connectivity index (χ3n) is 11.2. The number of aliphatic hydroxyl groups excluding tert-OH is 1. The highest BCUT2D eigenvalue weighted by Gasteiger charge is 2.33. The van der Waals surface area contributed by atoms with Crippen molar-refractivity contribution >= 4 is 57.2 Å². The first-order valence-corrected chi connectivity index (χ1v) is 29.5. The van der Waals surface area contributed by atoms with Crippen LogP contribution in [-0.4, -0.2) is 188 Å². The number of phosphoric ester groups is 2. The summed E-state index contributed by atoms with van der Waals surface area (Å²) in [7, 11) is -4.28. The lowest BCUT2D eigenvalue weighted by atomic mass is 10.1. The van der Waals surface area contributed by atoms with Gasteiger partial charge in [-0.05, 0) is 39.5 Å². The number of ether oxygens (including phenoxy) is 3. The average Bonchev–Trinajstić information content (AvgIpc) is 3.43. The summed E-state index contributed by atoms with van der Waals surface area (Å²) in [6.45, 7) is 12.8. The van der Waals surface area contributed by atoms with Crippen molar-refractivity contribution in [3.05, 3.63) is 24.3 Å². The van der Waals surface area contributed by atoms with Crippen LogP contribution in [0.25, 0.3) is 0 Å². The first-order valence-electron chi connectivity index (χ1n) is 26.5. The number of hydrogen-bond donors (Lipinski definition) is 13. The molecule has 0 bridgehead atoms. The second-order valence-electron chi connectivity index (χ2n) is 18.5. The second-order valence-corrected chi connectivity index (χ2v) is 21.0. The largest absolute Gasteiger partial charge is 1.00 e. The predicted molar refractivity (Wildman–Crippen MR) is 297 cm³/mol. The van der Waals surface area contributed by atoms with Gasteiger partial charge in [0.1, 0.15) is 25.9 Å². The summed E-state index contributed by atoms with van der Waals surface area (Å²) >= 11 is 0. The lowest BCUT2D eigenvalue weighted by Crippen LogP contribution is -3.00.